The fourth-order valence-electron chi connectivity index (χ4n) is 3.51. The molecule has 1 saturated heterocycles. The van der Waals surface area contributed by atoms with Crippen LogP contribution in [0.15, 0.2) is 12.3 Å². The molecule has 2 heterocycles. The maximum Gasteiger partial charge on any atom is 0.0436 e. The molecular weight excluding hydrogens is 258 g/mol. The molecule has 1 aromatic heterocycles. The molecule has 1 atom stereocenters. The van der Waals surface area contributed by atoms with E-state index in [1.54, 1.807) is 0 Å². The van der Waals surface area contributed by atoms with Crippen LogP contribution in [0.2, 0.25) is 0 Å². The first-order chi connectivity index (χ1) is 9.93. The van der Waals surface area contributed by atoms with E-state index in [9.17, 15) is 0 Å². The molecule has 0 aromatic carbocycles. The summed E-state index contributed by atoms with van der Waals surface area (Å²) in [7, 11) is 2.23. The highest BCUT2D eigenvalue weighted by Gasteiger charge is 2.28. The van der Waals surface area contributed by atoms with Gasteiger partial charge in [-0.05, 0) is 42.9 Å². The number of likely N-dealkylation sites (N-methyl/N-ethyl adjacent to an activating group) is 1. The summed E-state index contributed by atoms with van der Waals surface area (Å²) in [5.74, 6) is 0. The molecule has 1 fully saturated rings. The average Bonchev–Trinajstić information content (AvgIpc) is 2.46. The van der Waals surface area contributed by atoms with Crippen molar-refractivity contribution in [3.8, 4) is 0 Å². The Hall–Kier alpha value is -0.930. The van der Waals surface area contributed by atoms with Crippen LogP contribution < -0.4 is 0 Å². The predicted molar refractivity (Wildman–Crippen MR) is 87.8 cm³/mol. The van der Waals surface area contributed by atoms with Crippen molar-refractivity contribution in [2.75, 3.05) is 33.2 Å². The molecule has 1 aliphatic heterocycles. The number of rotatable bonds is 1. The molecule has 0 spiro atoms. The molecule has 1 unspecified atom stereocenters. The Morgan fingerprint density at radius 3 is 2.52 bits per heavy atom. The van der Waals surface area contributed by atoms with Crippen LogP contribution in [-0.4, -0.2) is 54.1 Å². The van der Waals surface area contributed by atoms with Gasteiger partial charge in [0.2, 0.25) is 0 Å². The molecule has 3 rings (SSSR count). The van der Waals surface area contributed by atoms with Crippen molar-refractivity contribution in [2.24, 2.45) is 0 Å². The summed E-state index contributed by atoms with van der Waals surface area (Å²) < 4.78 is 0. The van der Waals surface area contributed by atoms with Crippen LogP contribution in [0.1, 0.15) is 44.0 Å². The molecular formula is C18H29N3. The lowest BCUT2D eigenvalue weighted by Gasteiger charge is -2.40. The molecule has 0 amide bonds. The van der Waals surface area contributed by atoms with E-state index in [2.05, 4.69) is 49.9 Å². The number of aromatic nitrogens is 1. The van der Waals surface area contributed by atoms with Crippen molar-refractivity contribution in [1.82, 2.24) is 14.8 Å². The van der Waals surface area contributed by atoms with Crippen molar-refractivity contribution in [3.63, 3.8) is 0 Å². The van der Waals surface area contributed by atoms with Crippen molar-refractivity contribution in [2.45, 2.75) is 51.5 Å². The molecule has 0 radical (unpaired) electrons. The van der Waals surface area contributed by atoms with Crippen molar-refractivity contribution in [1.29, 1.82) is 0 Å². The first-order valence-electron chi connectivity index (χ1n) is 8.34. The summed E-state index contributed by atoms with van der Waals surface area (Å²) in [6.07, 6.45) is 5.71. The number of fused-ring (bicyclic) bond motifs is 1. The summed E-state index contributed by atoms with van der Waals surface area (Å²) in [6.45, 7) is 11.7. The number of hydrogen-bond acceptors (Lipinski definition) is 3. The van der Waals surface area contributed by atoms with Crippen LogP contribution in [0, 0.1) is 0 Å². The second-order valence-electron chi connectivity index (χ2n) is 7.82. The van der Waals surface area contributed by atoms with Gasteiger partial charge in [-0.15, -0.1) is 0 Å². The number of nitrogens with zero attached hydrogens (tertiary/aromatic N) is 3. The van der Waals surface area contributed by atoms with Gasteiger partial charge in [0.05, 0.1) is 0 Å². The van der Waals surface area contributed by atoms with E-state index in [1.165, 1.54) is 55.8 Å². The molecule has 0 bridgehead atoms. The van der Waals surface area contributed by atoms with E-state index in [0.29, 0.717) is 0 Å². The largest absolute Gasteiger partial charge is 0.304 e. The minimum Gasteiger partial charge on any atom is -0.304 e. The Labute approximate surface area is 129 Å². The van der Waals surface area contributed by atoms with E-state index in [-0.39, 0.29) is 5.41 Å². The Morgan fingerprint density at radius 1 is 1.14 bits per heavy atom. The highest BCUT2D eigenvalue weighted by atomic mass is 15.3. The second-order valence-corrected chi connectivity index (χ2v) is 7.82. The maximum absolute atomic E-state index is 4.75. The van der Waals surface area contributed by atoms with Gasteiger partial charge in [0, 0.05) is 44.1 Å². The lowest BCUT2D eigenvalue weighted by molar-refractivity contribution is 0.103. The fourth-order valence-corrected chi connectivity index (χ4v) is 3.51. The second kappa shape index (κ2) is 5.69. The van der Waals surface area contributed by atoms with Gasteiger partial charge < -0.3 is 4.90 Å². The topological polar surface area (TPSA) is 19.4 Å². The van der Waals surface area contributed by atoms with Crippen LogP contribution in [0.4, 0.5) is 0 Å². The van der Waals surface area contributed by atoms with E-state index in [4.69, 9.17) is 4.98 Å². The minimum absolute atomic E-state index is 0.197. The standard InChI is InChI=1S/C18H29N3/c1-18(2,3)15-11-14-12-16(5-6-17(14)19-13-15)21-9-7-20(4)8-10-21/h11,13,16H,5-10,12H2,1-4H3. The van der Waals surface area contributed by atoms with Crippen LogP contribution in [-0.2, 0) is 18.3 Å². The lowest BCUT2D eigenvalue weighted by atomic mass is 9.84. The van der Waals surface area contributed by atoms with Gasteiger partial charge in [-0.2, -0.15) is 0 Å². The highest BCUT2D eigenvalue weighted by Crippen LogP contribution is 2.28. The van der Waals surface area contributed by atoms with E-state index >= 15 is 0 Å². The number of hydrogen-bond donors (Lipinski definition) is 0. The third-order valence-corrected chi connectivity index (χ3v) is 5.15. The van der Waals surface area contributed by atoms with Crippen molar-refractivity contribution in [3.05, 3.63) is 29.1 Å². The predicted octanol–water partition coefficient (Wildman–Crippen LogP) is 2.48. The van der Waals surface area contributed by atoms with Gasteiger partial charge in [0.15, 0.2) is 0 Å². The van der Waals surface area contributed by atoms with Crippen LogP contribution >= 0.6 is 0 Å². The Kier molecular flexibility index (Phi) is 4.06. The zero-order chi connectivity index (χ0) is 15.0. The molecule has 21 heavy (non-hydrogen) atoms. The van der Waals surface area contributed by atoms with Crippen molar-refractivity contribution >= 4 is 0 Å². The van der Waals surface area contributed by atoms with Crippen LogP contribution in [0.3, 0.4) is 0 Å². The summed E-state index contributed by atoms with van der Waals surface area (Å²) in [5, 5.41) is 0. The lowest BCUT2D eigenvalue weighted by Crippen LogP contribution is -2.50. The van der Waals surface area contributed by atoms with Crippen LogP contribution in [0.5, 0.6) is 0 Å². The summed E-state index contributed by atoms with van der Waals surface area (Å²) in [4.78, 5) is 9.89. The maximum atomic E-state index is 4.75. The Bertz CT molecular complexity index is 496. The number of pyridine rings is 1. The minimum atomic E-state index is 0.197. The Balaban J connectivity index is 1.75. The molecule has 1 aliphatic carbocycles. The monoisotopic (exact) mass is 287 g/mol. The third-order valence-electron chi connectivity index (χ3n) is 5.15. The number of aryl methyl sites for hydroxylation is 1. The molecule has 0 N–H and O–H groups in total. The van der Waals surface area contributed by atoms with Gasteiger partial charge in [-0.3, -0.25) is 9.88 Å². The highest BCUT2D eigenvalue weighted by molar-refractivity contribution is 5.32. The normalized spacial score (nSPS) is 24.9. The molecule has 3 heteroatoms. The van der Waals surface area contributed by atoms with Crippen molar-refractivity contribution < 1.29 is 0 Å². The third kappa shape index (κ3) is 3.29. The first-order valence-corrected chi connectivity index (χ1v) is 8.34. The molecule has 2 aliphatic rings. The zero-order valence-corrected chi connectivity index (χ0v) is 14.0. The fraction of sp³-hybridized carbons (Fsp3) is 0.722. The van der Waals surface area contributed by atoms with Gasteiger partial charge in [-0.1, -0.05) is 26.8 Å². The Morgan fingerprint density at radius 2 is 1.86 bits per heavy atom. The summed E-state index contributed by atoms with van der Waals surface area (Å²) in [5.41, 5.74) is 4.41. The van der Waals surface area contributed by atoms with E-state index in [0.717, 1.165) is 12.5 Å². The molecule has 116 valence electrons. The first kappa shape index (κ1) is 15.0. The van der Waals surface area contributed by atoms with Crippen LogP contribution in [0.25, 0.3) is 0 Å². The average molecular weight is 287 g/mol. The van der Waals surface area contributed by atoms with Gasteiger partial charge in [-0.25, -0.2) is 0 Å². The SMILES string of the molecule is CN1CCN(C2CCc3ncc(C(C)(C)C)cc3C2)CC1. The summed E-state index contributed by atoms with van der Waals surface area (Å²) in [6, 6.07) is 3.15. The van der Waals surface area contributed by atoms with Gasteiger partial charge in [0.25, 0.3) is 0 Å². The van der Waals surface area contributed by atoms with E-state index in [1.807, 2.05) is 0 Å². The van der Waals surface area contributed by atoms with Gasteiger partial charge >= 0.3 is 0 Å². The smallest absolute Gasteiger partial charge is 0.0436 e. The molecule has 0 saturated carbocycles. The molecule has 1 aromatic rings. The summed E-state index contributed by atoms with van der Waals surface area (Å²) >= 11 is 0. The zero-order valence-electron chi connectivity index (χ0n) is 14.0. The quantitative estimate of drug-likeness (QED) is 0.791. The van der Waals surface area contributed by atoms with Gasteiger partial charge in [0.1, 0.15) is 0 Å². The molecule has 3 nitrogen and oxygen atoms in total. The number of piperazine rings is 1. The van der Waals surface area contributed by atoms with E-state index < -0.39 is 0 Å².